The van der Waals surface area contributed by atoms with E-state index < -0.39 is 0 Å². The van der Waals surface area contributed by atoms with E-state index in [4.69, 9.17) is 0 Å². The molecule has 17 heavy (non-hydrogen) atoms. The van der Waals surface area contributed by atoms with Gasteiger partial charge in [0.15, 0.2) is 0 Å². The minimum Gasteiger partial charge on any atom is -0.237 e. The molecule has 1 heteroatoms. The first-order valence-corrected chi connectivity index (χ1v) is 6.69. The van der Waals surface area contributed by atoms with Gasteiger partial charge in [-0.1, -0.05) is 63.1 Å². The Kier molecular flexibility index (Phi) is 9.84. The van der Waals surface area contributed by atoms with Crippen LogP contribution in [0.1, 0.15) is 45.6 Å². The molecule has 1 rings (SSSR count). The second-order valence-electron chi connectivity index (χ2n) is 5.05. The zero-order chi connectivity index (χ0) is 13.1. The first-order valence-electron chi connectivity index (χ1n) is 6.69. The lowest BCUT2D eigenvalue weighted by molar-refractivity contribution is 0.163. The zero-order valence-corrected chi connectivity index (χ0v) is 11.8. The van der Waals surface area contributed by atoms with Gasteiger partial charge in [-0.25, -0.2) is 5.11 Å². The molecule has 1 atom stereocenters. The highest BCUT2D eigenvalue weighted by molar-refractivity contribution is 5.11. The summed E-state index contributed by atoms with van der Waals surface area (Å²) in [6.07, 6.45) is 3.26. The van der Waals surface area contributed by atoms with Crippen LogP contribution in [0.2, 0.25) is 0 Å². The first kappa shape index (κ1) is 16.2. The van der Waals surface area contributed by atoms with Crippen LogP contribution in [-0.2, 0) is 5.11 Å². The number of hydrogen-bond acceptors (Lipinski definition) is 0. The summed E-state index contributed by atoms with van der Waals surface area (Å²) in [6, 6.07) is 10.3. The summed E-state index contributed by atoms with van der Waals surface area (Å²) in [5, 5.41) is 10.3. The molecule has 1 nitrogen and oxygen atoms in total. The molecule has 1 aromatic carbocycles. The van der Waals surface area contributed by atoms with Gasteiger partial charge in [0.25, 0.3) is 0 Å². The van der Waals surface area contributed by atoms with E-state index in [0.717, 1.165) is 12.3 Å². The van der Waals surface area contributed by atoms with E-state index in [0.29, 0.717) is 5.92 Å². The van der Waals surface area contributed by atoms with Gasteiger partial charge >= 0.3 is 0 Å². The summed E-state index contributed by atoms with van der Waals surface area (Å²) >= 11 is 0. The minimum atomic E-state index is 0.102. The van der Waals surface area contributed by atoms with Crippen molar-refractivity contribution in [3.8, 4) is 0 Å². The summed E-state index contributed by atoms with van der Waals surface area (Å²) < 4.78 is 0. The smallest absolute Gasteiger partial charge is 0.0825 e. The van der Waals surface area contributed by atoms with Crippen LogP contribution in [0.5, 0.6) is 0 Å². The Morgan fingerprint density at radius 1 is 1.12 bits per heavy atom. The third-order valence-corrected chi connectivity index (χ3v) is 2.85. The summed E-state index contributed by atoms with van der Waals surface area (Å²) in [7, 11) is 0. The molecule has 0 saturated carbocycles. The first-order chi connectivity index (χ1) is 8.10. The van der Waals surface area contributed by atoms with Crippen molar-refractivity contribution in [3.63, 3.8) is 0 Å². The lowest BCUT2D eigenvalue weighted by Crippen LogP contribution is -2.04. The maximum absolute atomic E-state index is 10.3. The van der Waals surface area contributed by atoms with Crippen molar-refractivity contribution in [2.75, 3.05) is 6.61 Å². The van der Waals surface area contributed by atoms with Gasteiger partial charge in [-0.15, -0.1) is 0 Å². The Hall–Kier alpha value is -0.820. The molecular weight excluding hydrogens is 208 g/mol. The highest BCUT2D eigenvalue weighted by Gasteiger charge is 2.07. The van der Waals surface area contributed by atoms with Gasteiger partial charge in [0.2, 0.25) is 0 Å². The van der Waals surface area contributed by atoms with Crippen LogP contribution >= 0.6 is 0 Å². The largest absolute Gasteiger partial charge is 0.237 e. The van der Waals surface area contributed by atoms with Crippen LogP contribution in [-0.4, -0.2) is 6.61 Å². The second-order valence-corrected chi connectivity index (χ2v) is 5.05. The topological polar surface area (TPSA) is 19.9 Å². The Labute approximate surface area is 107 Å². The van der Waals surface area contributed by atoms with Crippen LogP contribution in [0.15, 0.2) is 30.3 Å². The van der Waals surface area contributed by atoms with E-state index in [1.165, 1.54) is 18.4 Å². The van der Waals surface area contributed by atoms with E-state index >= 15 is 0 Å². The molecular formula is C16H27O. The lowest BCUT2D eigenvalue weighted by Gasteiger charge is -2.14. The van der Waals surface area contributed by atoms with Crippen molar-refractivity contribution in [1.82, 2.24) is 0 Å². The van der Waals surface area contributed by atoms with E-state index in [2.05, 4.69) is 39.8 Å². The summed E-state index contributed by atoms with van der Waals surface area (Å²) in [5.41, 5.74) is 1.32. The van der Waals surface area contributed by atoms with Crippen LogP contribution in [0, 0.1) is 18.8 Å². The summed E-state index contributed by atoms with van der Waals surface area (Å²) in [5.74, 6) is 1.42. The van der Waals surface area contributed by atoms with Gasteiger partial charge in [0.05, 0.1) is 6.61 Å². The Morgan fingerprint density at radius 3 is 2.00 bits per heavy atom. The van der Waals surface area contributed by atoms with E-state index in [1.54, 1.807) is 0 Å². The monoisotopic (exact) mass is 235 g/mol. The van der Waals surface area contributed by atoms with Crippen molar-refractivity contribution < 1.29 is 5.11 Å². The molecule has 0 bridgehead atoms. The normalized spacial score (nSPS) is 11.9. The predicted molar refractivity (Wildman–Crippen MR) is 74.6 cm³/mol. The second kappa shape index (κ2) is 10.3. The van der Waals surface area contributed by atoms with Crippen molar-refractivity contribution in [2.45, 2.75) is 47.0 Å². The van der Waals surface area contributed by atoms with E-state index in [9.17, 15) is 5.11 Å². The molecule has 0 spiro atoms. The fourth-order valence-corrected chi connectivity index (χ4v) is 1.86. The molecule has 0 heterocycles. The van der Waals surface area contributed by atoms with Gasteiger partial charge in [-0.05, 0) is 31.6 Å². The SMILES string of the molecule is CCC(CC[O])CC(C)C.Cc1ccccc1. The maximum Gasteiger partial charge on any atom is 0.0825 e. The van der Waals surface area contributed by atoms with Crippen LogP contribution < -0.4 is 0 Å². The van der Waals surface area contributed by atoms with Gasteiger partial charge in [-0.3, -0.25) is 0 Å². The average Bonchev–Trinajstić information content (AvgIpc) is 2.30. The fourth-order valence-electron chi connectivity index (χ4n) is 1.86. The zero-order valence-electron chi connectivity index (χ0n) is 11.8. The molecule has 0 aromatic heterocycles. The quantitative estimate of drug-likeness (QED) is 0.693. The highest BCUT2D eigenvalue weighted by atomic mass is 16.3. The molecule has 0 aliphatic carbocycles. The number of aryl methyl sites for hydroxylation is 1. The Bertz CT molecular complexity index is 253. The molecule has 0 aliphatic heterocycles. The van der Waals surface area contributed by atoms with Crippen molar-refractivity contribution in [1.29, 1.82) is 0 Å². The van der Waals surface area contributed by atoms with Crippen molar-refractivity contribution >= 4 is 0 Å². The van der Waals surface area contributed by atoms with E-state index in [-0.39, 0.29) is 6.61 Å². The lowest BCUT2D eigenvalue weighted by atomic mass is 9.92. The minimum absolute atomic E-state index is 0.102. The van der Waals surface area contributed by atoms with Crippen LogP contribution in [0.4, 0.5) is 0 Å². The standard InChI is InChI=1S/C9H19O.C7H8/c1-4-9(5-6-10)7-8(2)3;1-7-5-3-2-4-6-7/h8-9H,4-7H2,1-3H3;2-6H,1H3. The third-order valence-electron chi connectivity index (χ3n) is 2.85. The average molecular weight is 235 g/mol. The van der Waals surface area contributed by atoms with Crippen molar-refractivity contribution in [3.05, 3.63) is 35.9 Å². The third kappa shape index (κ3) is 10.1. The summed E-state index contributed by atoms with van der Waals surface area (Å²) in [4.78, 5) is 0. The van der Waals surface area contributed by atoms with Crippen molar-refractivity contribution in [2.24, 2.45) is 11.8 Å². The molecule has 0 fully saturated rings. The molecule has 97 valence electrons. The highest BCUT2D eigenvalue weighted by Crippen LogP contribution is 2.17. The van der Waals surface area contributed by atoms with Crippen LogP contribution in [0.25, 0.3) is 0 Å². The van der Waals surface area contributed by atoms with Gasteiger partial charge < -0.3 is 0 Å². The molecule has 0 N–H and O–H groups in total. The number of hydrogen-bond donors (Lipinski definition) is 0. The van der Waals surface area contributed by atoms with Crippen LogP contribution in [0.3, 0.4) is 0 Å². The molecule has 0 saturated heterocycles. The number of benzene rings is 1. The molecule has 1 radical (unpaired) electrons. The maximum atomic E-state index is 10.3. The number of rotatable bonds is 5. The molecule has 0 amide bonds. The molecule has 1 unspecified atom stereocenters. The summed E-state index contributed by atoms with van der Waals surface area (Å²) in [6.45, 7) is 8.79. The van der Waals surface area contributed by atoms with Gasteiger partial charge in [-0.2, -0.15) is 0 Å². The molecule has 0 aliphatic rings. The van der Waals surface area contributed by atoms with Gasteiger partial charge in [0.1, 0.15) is 0 Å². The van der Waals surface area contributed by atoms with E-state index in [1.807, 2.05) is 18.2 Å². The Balaban J connectivity index is 0.000000318. The fraction of sp³-hybridized carbons (Fsp3) is 0.625. The van der Waals surface area contributed by atoms with Gasteiger partial charge in [0, 0.05) is 0 Å². The predicted octanol–water partition coefficient (Wildman–Crippen LogP) is 4.87. The Morgan fingerprint density at radius 2 is 1.71 bits per heavy atom. The molecule has 1 aromatic rings.